The van der Waals surface area contributed by atoms with Gasteiger partial charge in [-0.05, 0) is 86.5 Å². The van der Waals surface area contributed by atoms with Gasteiger partial charge in [-0.3, -0.25) is 9.59 Å². The number of fused-ring (bicyclic) bond motifs is 1. The zero-order chi connectivity index (χ0) is 22.1. The molecule has 32 heavy (non-hydrogen) atoms. The molecule has 0 atom stereocenters. The monoisotopic (exact) mass is 457 g/mol. The lowest BCUT2D eigenvalue weighted by Gasteiger charge is -2.57. The summed E-state index contributed by atoms with van der Waals surface area (Å²) in [4.78, 5) is 27.4. The quantitative estimate of drug-likeness (QED) is 0.756. The molecule has 1 aromatic carbocycles. The van der Waals surface area contributed by atoms with Gasteiger partial charge in [-0.25, -0.2) is 8.42 Å². The molecule has 4 aliphatic carbocycles. The van der Waals surface area contributed by atoms with E-state index in [9.17, 15) is 18.0 Å². The molecule has 0 spiro atoms. The van der Waals surface area contributed by atoms with Crippen LogP contribution in [0.2, 0.25) is 0 Å². The summed E-state index contributed by atoms with van der Waals surface area (Å²) in [5.74, 6) is 2.42. The first-order valence-electron chi connectivity index (χ1n) is 12.0. The van der Waals surface area contributed by atoms with E-state index in [0.717, 1.165) is 42.6 Å². The lowest BCUT2D eigenvalue weighted by molar-refractivity contribution is -0.158. The Morgan fingerprint density at radius 3 is 2.19 bits per heavy atom. The van der Waals surface area contributed by atoms with Crippen LogP contribution in [-0.4, -0.2) is 55.6 Å². The number of carbonyl (C=O) groups is 2. The molecule has 1 N–H and O–H groups in total. The van der Waals surface area contributed by atoms with Gasteiger partial charge in [0.1, 0.15) is 0 Å². The summed E-state index contributed by atoms with van der Waals surface area (Å²) >= 11 is 0. The average molecular weight is 458 g/mol. The fourth-order valence-electron chi connectivity index (χ4n) is 7.51. The van der Waals surface area contributed by atoms with Gasteiger partial charge < -0.3 is 10.2 Å². The third kappa shape index (κ3) is 3.29. The maximum atomic E-state index is 13.6. The Labute approximate surface area is 189 Å². The van der Waals surface area contributed by atoms with Crippen molar-refractivity contribution >= 4 is 27.5 Å². The zero-order valence-electron chi connectivity index (χ0n) is 18.4. The second kappa shape index (κ2) is 7.29. The zero-order valence-corrected chi connectivity index (χ0v) is 19.2. The highest BCUT2D eigenvalue weighted by atomic mass is 32.2. The number of aryl methyl sites for hydroxylation is 1. The molecule has 7 rings (SSSR count). The number of amides is 2. The molecular formula is C24H31N3O4S. The van der Waals surface area contributed by atoms with Crippen molar-refractivity contribution < 1.29 is 18.0 Å². The second-order valence-corrected chi connectivity index (χ2v) is 12.7. The van der Waals surface area contributed by atoms with Crippen molar-refractivity contribution in [1.29, 1.82) is 0 Å². The van der Waals surface area contributed by atoms with Gasteiger partial charge in [-0.1, -0.05) is 0 Å². The molecule has 0 unspecified atom stereocenters. The predicted octanol–water partition coefficient (Wildman–Crippen LogP) is 2.62. The first-order chi connectivity index (χ1) is 15.3. The minimum Gasteiger partial charge on any atom is -0.340 e. The Bertz CT molecular complexity index is 1040. The molecular weight excluding hydrogens is 426 g/mol. The molecule has 8 heteroatoms. The molecule has 1 saturated heterocycles. The van der Waals surface area contributed by atoms with Crippen molar-refractivity contribution in [2.45, 2.75) is 56.3 Å². The summed E-state index contributed by atoms with van der Waals surface area (Å²) in [6.07, 6.45) is 7.99. The van der Waals surface area contributed by atoms with E-state index in [1.807, 2.05) is 4.90 Å². The maximum Gasteiger partial charge on any atom is 0.243 e. The van der Waals surface area contributed by atoms with E-state index in [4.69, 9.17) is 0 Å². The number of piperazine rings is 1. The van der Waals surface area contributed by atoms with Gasteiger partial charge in [-0.15, -0.1) is 0 Å². The van der Waals surface area contributed by atoms with Crippen molar-refractivity contribution in [1.82, 2.24) is 9.21 Å². The van der Waals surface area contributed by atoms with Crippen LogP contribution in [0.25, 0.3) is 0 Å². The SMILES string of the molecule is O=C1CCc2cc(S(=O)(=O)N3CCN(C(=O)C45CC6CC(CC(C6)C4)C5)CC3)ccc2N1. The number of sulfonamides is 1. The van der Waals surface area contributed by atoms with Crippen molar-refractivity contribution in [2.75, 3.05) is 31.5 Å². The Morgan fingerprint density at radius 1 is 0.938 bits per heavy atom. The summed E-state index contributed by atoms with van der Waals surface area (Å²) < 4.78 is 28.1. The number of hydrogen-bond acceptors (Lipinski definition) is 4. The average Bonchev–Trinajstić information content (AvgIpc) is 2.77. The summed E-state index contributed by atoms with van der Waals surface area (Å²) in [6.45, 7) is 1.63. The molecule has 6 aliphatic rings. The highest BCUT2D eigenvalue weighted by Gasteiger charge is 2.55. The summed E-state index contributed by atoms with van der Waals surface area (Å²) in [5, 5.41) is 2.80. The van der Waals surface area contributed by atoms with E-state index in [2.05, 4.69) is 5.32 Å². The minimum absolute atomic E-state index is 0.0343. The molecule has 2 amide bonds. The van der Waals surface area contributed by atoms with E-state index in [1.165, 1.54) is 23.6 Å². The van der Waals surface area contributed by atoms with Gasteiger partial charge in [0.2, 0.25) is 21.8 Å². The van der Waals surface area contributed by atoms with E-state index >= 15 is 0 Å². The van der Waals surface area contributed by atoms with Crippen molar-refractivity contribution in [3.63, 3.8) is 0 Å². The summed E-state index contributed by atoms with van der Waals surface area (Å²) in [5.41, 5.74) is 1.39. The molecule has 4 bridgehead atoms. The van der Waals surface area contributed by atoms with Crippen molar-refractivity contribution in [3.8, 4) is 0 Å². The predicted molar refractivity (Wildman–Crippen MR) is 119 cm³/mol. The summed E-state index contributed by atoms with van der Waals surface area (Å²) in [6, 6.07) is 4.95. The maximum absolute atomic E-state index is 13.6. The van der Waals surface area contributed by atoms with Crippen LogP contribution in [0.4, 0.5) is 5.69 Å². The molecule has 0 aromatic heterocycles. The number of nitrogens with one attached hydrogen (secondary N) is 1. The standard InChI is InChI=1S/C24H31N3O4S/c28-22-4-1-19-12-20(2-3-21(19)25-22)32(30,31)27-7-5-26(6-8-27)23(29)24-13-16-9-17(14-24)11-18(10-16)15-24/h2-3,12,16-18H,1,4-11,13-15H2,(H,25,28). The molecule has 0 radical (unpaired) electrons. The van der Waals surface area contributed by atoms with Crippen LogP contribution < -0.4 is 5.32 Å². The number of anilines is 1. The minimum atomic E-state index is -3.62. The second-order valence-electron chi connectivity index (χ2n) is 10.8. The van der Waals surface area contributed by atoms with E-state index in [-0.39, 0.29) is 22.1 Å². The Morgan fingerprint density at radius 2 is 1.56 bits per heavy atom. The van der Waals surface area contributed by atoms with Crippen molar-refractivity contribution in [3.05, 3.63) is 23.8 Å². The lowest BCUT2D eigenvalue weighted by atomic mass is 9.49. The first kappa shape index (κ1) is 20.7. The molecule has 2 heterocycles. The Balaban J connectivity index is 1.15. The molecule has 5 fully saturated rings. The fourth-order valence-corrected chi connectivity index (χ4v) is 8.98. The van der Waals surface area contributed by atoms with Crippen LogP contribution in [0.15, 0.2) is 23.1 Å². The topological polar surface area (TPSA) is 86.8 Å². The van der Waals surface area contributed by atoms with Crippen LogP contribution in [-0.2, 0) is 26.0 Å². The van der Waals surface area contributed by atoms with Gasteiger partial charge in [-0.2, -0.15) is 4.31 Å². The summed E-state index contributed by atoms with van der Waals surface area (Å²) in [7, 11) is -3.62. The number of nitrogens with zero attached hydrogens (tertiary/aromatic N) is 2. The largest absolute Gasteiger partial charge is 0.340 e. The highest BCUT2D eigenvalue weighted by Crippen LogP contribution is 2.60. The molecule has 7 nitrogen and oxygen atoms in total. The molecule has 172 valence electrons. The van der Waals surface area contributed by atoms with Crippen LogP contribution in [0, 0.1) is 23.2 Å². The molecule has 4 saturated carbocycles. The lowest BCUT2D eigenvalue weighted by Crippen LogP contribution is -2.58. The number of carbonyl (C=O) groups excluding carboxylic acids is 2. The third-order valence-corrected chi connectivity index (χ3v) is 10.5. The van der Waals surface area contributed by atoms with E-state index in [1.54, 1.807) is 18.2 Å². The highest BCUT2D eigenvalue weighted by molar-refractivity contribution is 7.89. The smallest absolute Gasteiger partial charge is 0.243 e. The van der Waals surface area contributed by atoms with Gasteiger partial charge in [0.25, 0.3) is 0 Å². The number of rotatable bonds is 3. The van der Waals surface area contributed by atoms with Crippen LogP contribution in [0.5, 0.6) is 0 Å². The van der Waals surface area contributed by atoms with Gasteiger partial charge >= 0.3 is 0 Å². The molecule has 2 aliphatic heterocycles. The van der Waals surface area contributed by atoms with Crippen molar-refractivity contribution in [2.24, 2.45) is 23.2 Å². The third-order valence-electron chi connectivity index (χ3n) is 8.63. The van der Waals surface area contributed by atoms with Crippen LogP contribution in [0.1, 0.15) is 50.5 Å². The number of hydrogen-bond donors (Lipinski definition) is 1. The van der Waals surface area contributed by atoms with E-state index < -0.39 is 10.0 Å². The Hall–Kier alpha value is -1.93. The number of benzene rings is 1. The van der Waals surface area contributed by atoms with E-state index in [0.29, 0.717) is 44.7 Å². The van der Waals surface area contributed by atoms with Crippen LogP contribution in [0.3, 0.4) is 0 Å². The normalized spacial score (nSPS) is 34.3. The fraction of sp³-hybridized carbons (Fsp3) is 0.667. The van der Waals surface area contributed by atoms with Gasteiger partial charge in [0.15, 0.2) is 0 Å². The molecule has 1 aromatic rings. The van der Waals surface area contributed by atoms with Crippen LogP contribution >= 0.6 is 0 Å². The van der Waals surface area contributed by atoms with Gasteiger partial charge in [0.05, 0.1) is 10.3 Å². The first-order valence-corrected chi connectivity index (χ1v) is 13.5. The Kier molecular flexibility index (Phi) is 4.70. The van der Waals surface area contributed by atoms with Gasteiger partial charge in [0, 0.05) is 38.3 Å².